The van der Waals surface area contributed by atoms with Gasteiger partial charge >= 0.3 is 5.97 Å². The predicted octanol–water partition coefficient (Wildman–Crippen LogP) is 3.56. The van der Waals surface area contributed by atoms with E-state index in [2.05, 4.69) is 17.3 Å². The van der Waals surface area contributed by atoms with Crippen LogP contribution in [0.3, 0.4) is 0 Å². The molecule has 4 rings (SSSR count). The Balaban J connectivity index is 1.45. The second-order valence-corrected chi connectivity index (χ2v) is 8.74. The van der Waals surface area contributed by atoms with Gasteiger partial charge in [0.1, 0.15) is 11.9 Å². The highest BCUT2D eigenvalue weighted by atomic mass is 35.5. The number of carbonyl (C=O) groups is 2. The molecule has 2 atom stereocenters. The van der Waals surface area contributed by atoms with Crippen LogP contribution in [0, 0.1) is 5.92 Å². The van der Waals surface area contributed by atoms with E-state index in [-0.39, 0.29) is 23.9 Å². The van der Waals surface area contributed by atoms with E-state index in [4.69, 9.17) is 21.1 Å². The molecule has 6 nitrogen and oxygen atoms in total. The number of esters is 1. The fraction of sp³-hybridized carbons (Fsp3) is 0.417. The van der Waals surface area contributed by atoms with Crippen LogP contribution in [0.5, 0.6) is 5.75 Å². The molecule has 1 N–H and O–H groups in total. The molecular formula is C24H27ClN2O4. The summed E-state index contributed by atoms with van der Waals surface area (Å²) in [5.74, 6) is 0.551. The fourth-order valence-corrected chi connectivity index (χ4v) is 4.61. The number of halogens is 1. The first-order chi connectivity index (χ1) is 14.9. The van der Waals surface area contributed by atoms with Crippen LogP contribution in [0.1, 0.15) is 28.8 Å². The van der Waals surface area contributed by atoms with Gasteiger partial charge in [-0.3, -0.25) is 4.79 Å². The van der Waals surface area contributed by atoms with Crippen molar-refractivity contribution in [3.05, 3.63) is 52.5 Å². The number of methoxy groups -OCH3 is 1. The van der Waals surface area contributed by atoms with Crippen molar-refractivity contribution in [3.63, 3.8) is 0 Å². The number of fused-ring (bicyclic) bond motifs is 1. The van der Waals surface area contributed by atoms with E-state index < -0.39 is 0 Å². The lowest BCUT2D eigenvalue weighted by Gasteiger charge is -2.29. The molecule has 0 aliphatic carbocycles. The first-order valence-electron chi connectivity index (χ1n) is 10.6. The van der Waals surface area contributed by atoms with Crippen molar-refractivity contribution >= 4 is 23.5 Å². The molecule has 7 heteroatoms. The molecule has 31 heavy (non-hydrogen) atoms. The summed E-state index contributed by atoms with van der Waals surface area (Å²) in [6.45, 7) is 2.32. The van der Waals surface area contributed by atoms with Crippen molar-refractivity contribution in [2.75, 3.05) is 33.8 Å². The minimum absolute atomic E-state index is 0.0425. The Hall–Kier alpha value is -2.57. The average molecular weight is 443 g/mol. The Kier molecular flexibility index (Phi) is 6.49. The number of nitrogens with one attached hydrogen (secondary N) is 1. The van der Waals surface area contributed by atoms with Crippen LogP contribution in [-0.4, -0.2) is 56.7 Å². The Labute approximate surface area is 187 Å². The minimum Gasteiger partial charge on any atom is -0.487 e. The number of hydrogen-bond acceptors (Lipinski definition) is 5. The number of carbonyl (C=O) groups excluding carboxylic acids is 2. The van der Waals surface area contributed by atoms with Crippen LogP contribution in [0.15, 0.2) is 36.4 Å². The highest BCUT2D eigenvalue weighted by Gasteiger charge is 2.29. The molecule has 1 fully saturated rings. The average Bonchev–Trinajstić information content (AvgIpc) is 3.19. The largest absolute Gasteiger partial charge is 0.487 e. The molecule has 0 aromatic heterocycles. The lowest BCUT2D eigenvalue weighted by Crippen LogP contribution is -2.44. The van der Waals surface area contributed by atoms with Gasteiger partial charge in [-0.15, -0.1) is 0 Å². The van der Waals surface area contributed by atoms with E-state index in [1.165, 1.54) is 7.11 Å². The monoisotopic (exact) mass is 442 g/mol. The van der Waals surface area contributed by atoms with Gasteiger partial charge in [-0.25, -0.2) is 4.79 Å². The van der Waals surface area contributed by atoms with Gasteiger partial charge in [0, 0.05) is 29.1 Å². The topological polar surface area (TPSA) is 67.9 Å². The van der Waals surface area contributed by atoms with Crippen LogP contribution in [0.25, 0.3) is 11.1 Å². The number of ether oxygens (including phenoxy) is 2. The van der Waals surface area contributed by atoms with Gasteiger partial charge in [0.05, 0.1) is 25.1 Å². The molecule has 0 saturated carbocycles. The van der Waals surface area contributed by atoms with Gasteiger partial charge in [-0.1, -0.05) is 23.7 Å². The number of nitrogens with zero attached hydrogens (tertiary/aromatic N) is 1. The highest BCUT2D eigenvalue weighted by Crippen LogP contribution is 2.41. The van der Waals surface area contributed by atoms with Gasteiger partial charge in [-0.05, 0) is 56.3 Å². The van der Waals surface area contributed by atoms with E-state index in [0.717, 1.165) is 48.4 Å². The first kappa shape index (κ1) is 21.7. The number of piperidine rings is 1. The van der Waals surface area contributed by atoms with E-state index in [9.17, 15) is 9.59 Å². The van der Waals surface area contributed by atoms with E-state index in [1.54, 1.807) is 12.1 Å². The van der Waals surface area contributed by atoms with Crippen LogP contribution < -0.4 is 10.1 Å². The van der Waals surface area contributed by atoms with Crippen molar-refractivity contribution in [1.29, 1.82) is 0 Å². The molecule has 2 aromatic rings. The normalized spacial score (nSPS) is 20.6. The smallest absolute Gasteiger partial charge is 0.337 e. The summed E-state index contributed by atoms with van der Waals surface area (Å²) in [7, 11) is 3.42. The third-order valence-corrected chi connectivity index (χ3v) is 6.20. The molecule has 2 aliphatic rings. The zero-order valence-corrected chi connectivity index (χ0v) is 18.6. The van der Waals surface area contributed by atoms with Crippen molar-refractivity contribution in [3.8, 4) is 16.9 Å². The van der Waals surface area contributed by atoms with Gasteiger partial charge in [0.25, 0.3) is 0 Å². The summed E-state index contributed by atoms with van der Waals surface area (Å²) in [5, 5.41) is 3.70. The van der Waals surface area contributed by atoms with Crippen LogP contribution in [0.2, 0.25) is 5.02 Å². The van der Waals surface area contributed by atoms with E-state index >= 15 is 0 Å². The molecule has 2 aromatic carbocycles. The summed E-state index contributed by atoms with van der Waals surface area (Å²) in [5.41, 5.74) is 3.29. The number of rotatable bonds is 5. The molecular weight excluding hydrogens is 416 g/mol. The summed E-state index contributed by atoms with van der Waals surface area (Å²) in [6.07, 6.45) is 2.54. The third kappa shape index (κ3) is 4.86. The lowest BCUT2D eigenvalue weighted by atomic mass is 9.97. The Morgan fingerprint density at radius 3 is 2.74 bits per heavy atom. The number of likely N-dealkylation sites (tertiary alicyclic amines) is 1. The first-order valence-corrected chi connectivity index (χ1v) is 11.0. The van der Waals surface area contributed by atoms with Gasteiger partial charge in [0.15, 0.2) is 0 Å². The fourth-order valence-electron chi connectivity index (χ4n) is 4.37. The molecule has 0 unspecified atom stereocenters. The Morgan fingerprint density at radius 1 is 1.26 bits per heavy atom. The number of amides is 1. The summed E-state index contributed by atoms with van der Waals surface area (Å²) < 4.78 is 11.0. The molecule has 164 valence electrons. The molecule has 0 spiro atoms. The van der Waals surface area contributed by atoms with Crippen molar-refractivity contribution in [2.45, 2.75) is 25.4 Å². The van der Waals surface area contributed by atoms with E-state index in [0.29, 0.717) is 23.6 Å². The van der Waals surface area contributed by atoms with Crippen molar-refractivity contribution < 1.29 is 19.1 Å². The second kappa shape index (κ2) is 9.28. The van der Waals surface area contributed by atoms with Gasteiger partial charge in [0.2, 0.25) is 5.91 Å². The maximum atomic E-state index is 12.6. The third-order valence-electron chi connectivity index (χ3n) is 5.98. The van der Waals surface area contributed by atoms with Crippen molar-refractivity contribution in [2.24, 2.45) is 5.92 Å². The molecule has 1 amide bonds. The van der Waals surface area contributed by atoms with Gasteiger partial charge in [-0.2, -0.15) is 0 Å². The molecule has 0 radical (unpaired) electrons. The standard InChI is InChI=1S/C24H27ClN2O4/c1-27-9-3-4-17(14-27)23(28)26-13-20-11-18-10-19(25)12-21(22(18)31-20)15-5-7-16(8-6-15)24(29)30-2/h5-8,10,12,17,20H,3-4,9,11,13-14H2,1-2H3,(H,26,28)/t17-,20+/m0/s1. The molecule has 0 bridgehead atoms. The maximum Gasteiger partial charge on any atom is 0.337 e. The van der Waals surface area contributed by atoms with Gasteiger partial charge < -0.3 is 19.7 Å². The van der Waals surface area contributed by atoms with Crippen LogP contribution in [-0.2, 0) is 16.0 Å². The quantitative estimate of drug-likeness (QED) is 0.717. The number of benzene rings is 2. The summed E-state index contributed by atoms with van der Waals surface area (Å²) in [6, 6.07) is 10.9. The number of hydrogen-bond donors (Lipinski definition) is 1. The van der Waals surface area contributed by atoms with E-state index in [1.807, 2.05) is 24.3 Å². The zero-order valence-electron chi connectivity index (χ0n) is 17.8. The second-order valence-electron chi connectivity index (χ2n) is 8.30. The SMILES string of the molecule is COC(=O)c1ccc(-c2cc(Cl)cc3c2O[C@@H](CNC(=O)[C@H]2CCCN(C)C2)C3)cc1. The molecule has 2 aliphatic heterocycles. The Bertz CT molecular complexity index is 976. The Morgan fingerprint density at radius 2 is 2.03 bits per heavy atom. The molecule has 2 heterocycles. The summed E-state index contributed by atoms with van der Waals surface area (Å²) in [4.78, 5) is 26.5. The molecule has 1 saturated heterocycles. The minimum atomic E-state index is -0.376. The van der Waals surface area contributed by atoms with Crippen LogP contribution >= 0.6 is 11.6 Å². The summed E-state index contributed by atoms with van der Waals surface area (Å²) >= 11 is 6.37. The lowest BCUT2D eigenvalue weighted by molar-refractivity contribution is -0.126. The van der Waals surface area contributed by atoms with Crippen LogP contribution in [0.4, 0.5) is 0 Å². The predicted molar refractivity (Wildman–Crippen MR) is 120 cm³/mol. The zero-order chi connectivity index (χ0) is 22.0. The highest BCUT2D eigenvalue weighted by molar-refractivity contribution is 6.31. The van der Waals surface area contributed by atoms with Crippen molar-refractivity contribution in [1.82, 2.24) is 10.2 Å². The maximum absolute atomic E-state index is 12.6.